The Kier molecular flexibility index (Phi) is 4.74. The van der Waals surface area contributed by atoms with Crippen LogP contribution in [0.1, 0.15) is 47.7 Å². The number of aromatic nitrogens is 5. The molecule has 0 unspecified atom stereocenters. The van der Waals surface area contributed by atoms with Crippen LogP contribution in [0.15, 0.2) is 47.4 Å². The molecule has 0 atom stereocenters. The summed E-state index contributed by atoms with van der Waals surface area (Å²) in [7, 11) is 0. The Morgan fingerprint density at radius 2 is 1.97 bits per heavy atom. The number of hydrogen-bond donors (Lipinski definition) is 1. The van der Waals surface area contributed by atoms with E-state index in [1.807, 2.05) is 28.8 Å². The van der Waals surface area contributed by atoms with E-state index in [9.17, 15) is 9.59 Å². The summed E-state index contributed by atoms with van der Waals surface area (Å²) in [6.07, 6.45) is 6.99. The summed E-state index contributed by atoms with van der Waals surface area (Å²) < 4.78 is 3.64. The van der Waals surface area contributed by atoms with Crippen molar-refractivity contribution in [3.63, 3.8) is 0 Å². The van der Waals surface area contributed by atoms with Crippen molar-refractivity contribution < 1.29 is 4.79 Å². The number of nitrogens with one attached hydrogen (secondary N) is 1. The minimum absolute atomic E-state index is 0.0150. The monoisotopic (exact) mass is 402 g/mol. The first-order valence-electron chi connectivity index (χ1n) is 10.3. The summed E-state index contributed by atoms with van der Waals surface area (Å²) in [5, 5.41) is 11.7. The highest BCUT2D eigenvalue weighted by Gasteiger charge is 2.15. The second-order valence-corrected chi connectivity index (χ2v) is 7.61. The van der Waals surface area contributed by atoms with Crippen LogP contribution in [-0.4, -0.2) is 30.1 Å². The van der Waals surface area contributed by atoms with Crippen molar-refractivity contribution in [1.82, 2.24) is 29.5 Å². The summed E-state index contributed by atoms with van der Waals surface area (Å²) in [5.74, 6) is 1.23. The van der Waals surface area contributed by atoms with Crippen LogP contribution in [0.25, 0.3) is 16.6 Å². The summed E-state index contributed by atoms with van der Waals surface area (Å²) in [4.78, 5) is 30.4. The Morgan fingerprint density at radius 3 is 2.90 bits per heavy atom. The van der Waals surface area contributed by atoms with Gasteiger partial charge in [-0.05, 0) is 43.2 Å². The Bertz CT molecular complexity index is 1310. The number of rotatable bonds is 3. The van der Waals surface area contributed by atoms with Crippen LogP contribution in [-0.2, 0) is 19.5 Å². The third-order valence-corrected chi connectivity index (χ3v) is 5.62. The van der Waals surface area contributed by atoms with E-state index in [0.29, 0.717) is 28.8 Å². The number of amides is 1. The summed E-state index contributed by atoms with van der Waals surface area (Å²) in [5.41, 5.74) is 1.76. The molecular weight excluding hydrogens is 380 g/mol. The number of carbonyl (C=O) groups is 1. The molecule has 1 aliphatic rings. The van der Waals surface area contributed by atoms with Crippen LogP contribution in [0.3, 0.4) is 0 Å². The second kappa shape index (κ2) is 7.70. The van der Waals surface area contributed by atoms with Gasteiger partial charge in [0.05, 0.1) is 17.4 Å². The van der Waals surface area contributed by atoms with E-state index in [1.54, 1.807) is 22.8 Å². The normalized spacial score (nSPS) is 14.3. The third-order valence-electron chi connectivity index (χ3n) is 5.62. The van der Waals surface area contributed by atoms with Gasteiger partial charge in [0.15, 0.2) is 11.5 Å². The maximum absolute atomic E-state index is 12.9. The van der Waals surface area contributed by atoms with Crippen LogP contribution in [0.2, 0.25) is 0 Å². The summed E-state index contributed by atoms with van der Waals surface area (Å²) in [6, 6.07) is 10.7. The molecule has 8 nitrogen and oxygen atoms in total. The molecule has 0 saturated heterocycles. The summed E-state index contributed by atoms with van der Waals surface area (Å²) in [6.45, 7) is 0.966. The quantitative estimate of drug-likeness (QED) is 0.568. The lowest BCUT2D eigenvalue weighted by Gasteiger charge is -2.16. The second-order valence-electron chi connectivity index (χ2n) is 7.61. The maximum Gasteiger partial charge on any atom is 0.261 e. The van der Waals surface area contributed by atoms with Gasteiger partial charge < -0.3 is 5.32 Å². The zero-order chi connectivity index (χ0) is 20.5. The predicted octanol–water partition coefficient (Wildman–Crippen LogP) is 2.49. The van der Waals surface area contributed by atoms with Gasteiger partial charge in [-0.1, -0.05) is 18.9 Å². The van der Waals surface area contributed by atoms with Crippen molar-refractivity contribution in [1.29, 1.82) is 0 Å². The van der Waals surface area contributed by atoms with E-state index < -0.39 is 0 Å². The average molecular weight is 402 g/mol. The minimum Gasteiger partial charge on any atom is -0.345 e. The zero-order valence-corrected chi connectivity index (χ0v) is 16.5. The molecule has 1 amide bonds. The molecule has 0 bridgehead atoms. The van der Waals surface area contributed by atoms with Crippen molar-refractivity contribution in [3.8, 4) is 0 Å². The van der Waals surface area contributed by atoms with Crippen molar-refractivity contribution in [2.75, 3.05) is 0 Å². The van der Waals surface area contributed by atoms with E-state index in [0.717, 1.165) is 43.6 Å². The largest absolute Gasteiger partial charge is 0.345 e. The van der Waals surface area contributed by atoms with Crippen LogP contribution < -0.4 is 10.9 Å². The Labute approximate surface area is 172 Å². The molecule has 4 heterocycles. The van der Waals surface area contributed by atoms with Crippen LogP contribution in [0, 0.1) is 0 Å². The number of aryl methyl sites for hydroxylation is 1. The molecule has 30 heavy (non-hydrogen) atoms. The molecular formula is C22H22N6O2. The van der Waals surface area contributed by atoms with Crippen molar-refractivity contribution in [2.24, 2.45) is 0 Å². The number of carbonyl (C=O) groups excluding carboxylic acids is 1. The molecule has 4 aromatic rings. The average Bonchev–Trinajstić information content (AvgIpc) is 3.16. The molecule has 0 fully saturated rings. The minimum atomic E-state index is -0.238. The molecule has 1 aliphatic heterocycles. The number of pyridine rings is 1. The van der Waals surface area contributed by atoms with Gasteiger partial charge in [-0.25, -0.2) is 4.98 Å². The highest BCUT2D eigenvalue weighted by Crippen LogP contribution is 2.16. The van der Waals surface area contributed by atoms with Gasteiger partial charge in [0.1, 0.15) is 5.82 Å². The topological polar surface area (TPSA) is 94.2 Å². The van der Waals surface area contributed by atoms with E-state index in [1.165, 1.54) is 0 Å². The molecule has 1 aromatic carbocycles. The Morgan fingerprint density at radius 1 is 1.07 bits per heavy atom. The zero-order valence-electron chi connectivity index (χ0n) is 16.5. The van der Waals surface area contributed by atoms with Gasteiger partial charge in [0.25, 0.3) is 11.5 Å². The van der Waals surface area contributed by atoms with Crippen LogP contribution >= 0.6 is 0 Å². The Balaban J connectivity index is 1.42. The lowest BCUT2D eigenvalue weighted by molar-refractivity contribution is 0.0950. The highest BCUT2D eigenvalue weighted by atomic mass is 16.1. The van der Waals surface area contributed by atoms with Gasteiger partial charge in [0.2, 0.25) is 0 Å². The SMILES string of the molecule is O=C(NCc1nnc2ccccn12)c1ccc2c(=O)n3c(nc2c1)CCCCCC3. The van der Waals surface area contributed by atoms with Crippen LogP contribution in [0.4, 0.5) is 0 Å². The summed E-state index contributed by atoms with van der Waals surface area (Å²) >= 11 is 0. The predicted molar refractivity (Wildman–Crippen MR) is 112 cm³/mol. The number of nitrogens with zero attached hydrogens (tertiary/aromatic N) is 5. The lowest BCUT2D eigenvalue weighted by atomic mass is 10.1. The van der Waals surface area contributed by atoms with E-state index in [-0.39, 0.29) is 18.0 Å². The van der Waals surface area contributed by atoms with Crippen molar-refractivity contribution >= 4 is 22.5 Å². The number of fused-ring (bicyclic) bond motifs is 3. The van der Waals surface area contributed by atoms with Gasteiger partial charge in [-0.3, -0.25) is 18.6 Å². The van der Waals surface area contributed by atoms with E-state index in [4.69, 9.17) is 4.98 Å². The van der Waals surface area contributed by atoms with Crippen molar-refractivity contribution in [3.05, 3.63) is 70.2 Å². The van der Waals surface area contributed by atoms with Gasteiger partial charge in [-0.2, -0.15) is 0 Å². The smallest absolute Gasteiger partial charge is 0.261 e. The first-order chi connectivity index (χ1) is 14.7. The lowest BCUT2D eigenvalue weighted by Crippen LogP contribution is -2.27. The molecule has 8 heteroatoms. The first kappa shape index (κ1) is 18.5. The highest BCUT2D eigenvalue weighted by molar-refractivity contribution is 5.97. The standard InChI is InChI=1S/C22H22N6O2/c29-21(23-14-20-26-25-19-8-4-6-11-27(19)20)15-9-10-16-17(13-15)24-18-7-3-1-2-5-12-28(18)22(16)30/h4,6,8-11,13H,1-3,5,7,12,14H2,(H,23,29). The third kappa shape index (κ3) is 3.34. The fourth-order valence-electron chi connectivity index (χ4n) is 4.01. The molecule has 0 radical (unpaired) electrons. The fraction of sp³-hybridized carbons (Fsp3) is 0.318. The molecule has 1 N–H and O–H groups in total. The number of hydrogen-bond acceptors (Lipinski definition) is 5. The molecule has 0 saturated carbocycles. The molecule has 0 aliphatic carbocycles. The molecule has 3 aromatic heterocycles. The first-order valence-corrected chi connectivity index (χ1v) is 10.3. The van der Waals surface area contributed by atoms with E-state index in [2.05, 4.69) is 15.5 Å². The fourth-order valence-corrected chi connectivity index (χ4v) is 4.01. The van der Waals surface area contributed by atoms with E-state index >= 15 is 0 Å². The van der Waals surface area contributed by atoms with Gasteiger partial charge in [-0.15, -0.1) is 10.2 Å². The van der Waals surface area contributed by atoms with Crippen LogP contribution in [0.5, 0.6) is 0 Å². The molecule has 152 valence electrons. The Hall–Kier alpha value is -3.55. The van der Waals surface area contributed by atoms with Crippen molar-refractivity contribution in [2.45, 2.75) is 45.2 Å². The molecule has 5 rings (SSSR count). The number of benzene rings is 1. The molecule has 0 spiro atoms. The maximum atomic E-state index is 12.9. The van der Waals surface area contributed by atoms with Gasteiger partial charge in [0, 0.05) is 24.7 Å². The van der Waals surface area contributed by atoms with Gasteiger partial charge >= 0.3 is 0 Å².